The van der Waals surface area contributed by atoms with Crippen molar-refractivity contribution in [3.8, 4) is 5.69 Å². The molecule has 2 aromatic heterocycles. The van der Waals surface area contributed by atoms with Crippen LogP contribution in [0.4, 0.5) is 26.4 Å². The van der Waals surface area contributed by atoms with E-state index in [1.807, 2.05) is 13.0 Å². The lowest BCUT2D eigenvalue weighted by Crippen LogP contribution is -2.61. The first-order valence-corrected chi connectivity index (χ1v) is 10.2. The second-order valence-corrected chi connectivity index (χ2v) is 7.86. The molecule has 0 amide bonds. The number of nitrogens with one attached hydrogen (secondary N) is 1. The van der Waals surface area contributed by atoms with Crippen molar-refractivity contribution in [3.05, 3.63) is 53.9 Å². The summed E-state index contributed by atoms with van der Waals surface area (Å²) in [6.07, 6.45) is 1.40. The first-order chi connectivity index (χ1) is 15.0. The lowest BCUT2D eigenvalue weighted by atomic mass is 10.1. The molecule has 162 valence electrons. The van der Waals surface area contributed by atoms with E-state index in [-0.39, 0.29) is 5.69 Å². The van der Waals surface area contributed by atoms with Crippen LogP contribution in [-0.2, 0) is 4.74 Å². The van der Waals surface area contributed by atoms with Gasteiger partial charge in [-0.3, -0.25) is 4.90 Å². The molecule has 0 radical (unpaired) electrons. The monoisotopic (exact) mass is 427 g/mol. The van der Waals surface area contributed by atoms with Crippen molar-refractivity contribution >= 4 is 17.6 Å². The molecule has 10 heteroatoms. The first kappa shape index (κ1) is 19.8. The number of rotatable bonds is 5. The minimum atomic E-state index is -0.671. The van der Waals surface area contributed by atoms with Gasteiger partial charge in [-0.25, -0.2) is 18.4 Å². The quantitative estimate of drug-likeness (QED) is 0.671. The molecule has 2 saturated heterocycles. The highest BCUT2D eigenvalue weighted by Crippen LogP contribution is 2.26. The molecule has 0 unspecified atom stereocenters. The lowest BCUT2D eigenvalue weighted by Gasteiger charge is -2.47. The molecule has 2 aliphatic rings. The zero-order valence-electron chi connectivity index (χ0n) is 17.1. The Morgan fingerprint density at radius 1 is 1.03 bits per heavy atom. The van der Waals surface area contributed by atoms with Gasteiger partial charge in [-0.05, 0) is 36.8 Å². The number of morpholine rings is 1. The summed E-state index contributed by atoms with van der Waals surface area (Å²) in [5.41, 5.74) is 1.32. The van der Waals surface area contributed by atoms with Crippen LogP contribution < -0.4 is 10.2 Å². The third kappa shape index (κ3) is 4.35. The van der Waals surface area contributed by atoms with E-state index >= 15 is 0 Å². The number of halogens is 2. The lowest BCUT2D eigenvalue weighted by molar-refractivity contribution is 0.0104. The molecule has 0 bridgehead atoms. The van der Waals surface area contributed by atoms with Gasteiger partial charge in [0, 0.05) is 38.3 Å². The Kier molecular flexibility index (Phi) is 5.24. The molecule has 3 aromatic rings. The molecule has 0 spiro atoms. The number of aryl methyl sites for hydroxylation is 1. The van der Waals surface area contributed by atoms with Gasteiger partial charge in [-0.1, -0.05) is 0 Å². The summed E-state index contributed by atoms with van der Waals surface area (Å²) in [7, 11) is 0. The van der Waals surface area contributed by atoms with Crippen molar-refractivity contribution in [2.45, 2.75) is 13.0 Å². The fraction of sp³-hybridized carbons (Fsp3) is 0.381. The van der Waals surface area contributed by atoms with E-state index in [0.29, 0.717) is 17.8 Å². The van der Waals surface area contributed by atoms with Crippen LogP contribution in [0.1, 0.15) is 5.56 Å². The van der Waals surface area contributed by atoms with Gasteiger partial charge in [0.15, 0.2) is 0 Å². The van der Waals surface area contributed by atoms with Crippen LogP contribution in [0.2, 0.25) is 0 Å². The van der Waals surface area contributed by atoms with E-state index in [1.165, 1.54) is 23.1 Å². The van der Waals surface area contributed by atoms with Gasteiger partial charge in [0.1, 0.15) is 29.6 Å². The average Bonchev–Trinajstić information content (AvgIpc) is 3.15. The number of pyridine rings is 1. The second kappa shape index (κ2) is 8.20. The van der Waals surface area contributed by atoms with Gasteiger partial charge >= 0.3 is 0 Å². The third-order valence-electron chi connectivity index (χ3n) is 5.55. The predicted molar refractivity (Wildman–Crippen MR) is 112 cm³/mol. The summed E-state index contributed by atoms with van der Waals surface area (Å²) in [5.74, 6) is 0.472. The zero-order chi connectivity index (χ0) is 21.4. The molecule has 0 atom stereocenters. The molecule has 4 heterocycles. The van der Waals surface area contributed by atoms with Crippen molar-refractivity contribution in [3.63, 3.8) is 0 Å². The van der Waals surface area contributed by atoms with E-state index in [0.717, 1.165) is 56.8 Å². The van der Waals surface area contributed by atoms with Gasteiger partial charge < -0.3 is 15.0 Å². The van der Waals surface area contributed by atoms with Gasteiger partial charge in [0.05, 0.1) is 18.9 Å². The Hall–Kier alpha value is -3.11. The smallest absolute Gasteiger partial charge is 0.248 e. The van der Waals surface area contributed by atoms with E-state index in [1.54, 1.807) is 0 Å². The summed E-state index contributed by atoms with van der Waals surface area (Å²) >= 11 is 0. The largest absolute Gasteiger partial charge is 0.379 e. The van der Waals surface area contributed by atoms with E-state index in [4.69, 9.17) is 9.72 Å². The van der Waals surface area contributed by atoms with Gasteiger partial charge in [0.25, 0.3) is 0 Å². The maximum absolute atomic E-state index is 13.5. The minimum Gasteiger partial charge on any atom is -0.379 e. The molecule has 1 aromatic carbocycles. The van der Waals surface area contributed by atoms with Crippen LogP contribution >= 0.6 is 0 Å². The number of nitrogens with zero attached hydrogens (tertiary/aromatic N) is 6. The summed E-state index contributed by atoms with van der Waals surface area (Å²) in [5, 5.41) is 7.35. The summed E-state index contributed by atoms with van der Waals surface area (Å²) in [6, 6.07) is 7.70. The van der Waals surface area contributed by atoms with Crippen LogP contribution in [0, 0.1) is 18.6 Å². The van der Waals surface area contributed by atoms with Crippen LogP contribution in [0.5, 0.6) is 0 Å². The highest BCUT2D eigenvalue weighted by Gasteiger charge is 2.33. The van der Waals surface area contributed by atoms with Crippen molar-refractivity contribution in [1.29, 1.82) is 0 Å². The molecule has 31 heavy (non-hydrogen) atoms. The molecule has 1 N–H and O–H groups in total. The summed E-state index contributed by atoms with van der Waals surface area (Å²) in [6.45, 7) is 7.45. The first-order valence-electron chi connectivity index (χ1n) is 10.2. The van der Waals surface area contributed by atoms with Gasteiger partial charge in [-0.2, -0.15) is 4.98 Å². The summed E-state index contributed by atoms with van der Waals surface area (Å²) < 4.78 is 33.7. The van der Waals surface area contributed by atoms with Crippen LogP contribution in [0.3, 0.4) is 0 Å². The zero-order valence-corrected chi connectivity index (χ0v) is 17.1. The molecular formula is C21H23F2N7O. The van der Waals surface area contributed by atoms with Gasteiger partial charge in [-0.15, -0.1) is 5.10 Å². The number of hydrogen-bond donors (Lipinski definition) is 1. The second-order valence-electron chi connectivity index (χ2n) is 7.86. The minimum absolute atomic E-state index is 0.255. The van der Waals surface area contributed by atoms with Crippen LogP contribution in [-0.4, -0.2) is 70.1 Å². The third-order valence-corrected chi connectivity index (χ3v) is 5.55. The Morgan fingerprint density at radius 3 is 2.52 bits per heavy atom. The molecule has 8 nitrogen and oxygen atoms in total. The fourth-order valence-electron chi connectivity index (χ4n) is 3.92. The Labute approximate surface area is 178 Å². The topological polar surface area (TPSA) is 71.3 Å². The average molecular weight is 427 g/mol. The van der Waals surface area contributed by atoms with Gasteiger partial charge in [0.2, 0.25) is 5.95 Å². The van der Waals surface area contributed by atoms with Crippen molar-refractivity contribution in [2.75, 3.05) is 49.6 Å². The normalized spacial score (nSPS) is 17.6. The van der Waals surface area contributed by atoms with Crippen LogP contribution in [0.15, 0.2) is 36.7 Å². The molecule has 0 aliphatic carbocycles. The number of ether oxygens (including phenoxy) is 1. The number of anilines is 3. The van der Waals surface area contributed by atoms with Crippen LogP contribution in [0.25, 0.3) is 5.69 Å². The number of aromatic nitrogens is 4. The van der Waals surface area contributed by atoms with E-state index in [9.17, 15) is 8.78 Å². The SMILES string of the molecule is Cc1cc(Nc2ncn(-c3cc(F)cc(F)c3)n2)nc(N2CC(N3CCOCC3)C2)c1. The Bertz CT molecular complexity index is 1060. The molecule has 0 saturated carbocycles. The fourth-order valence-corrected chi connectivity index (χ4v) is 3.92. The predicted octanol–water partition coefficient (Wildman–Crippen LogP) is 2.51. The molecule has 5 rings (SSSR count). The van der Waals surface area contributed by atoms with E-state index < -0.39 is 11.6 Å². The highest BCUT2D eigenvalue weighted by atomic mass is 19.1. The number of hydrogen-bond acceptors (Lipinski definition) is 7. The maximum atomic E-state index is 13.5. The summed E-state index contributed by atoms with van der Waals surface area (Å²) in [4.78, 5) is 13.6. The molecular weight excluding hydrogens is 404 g/mol. The van der Waals surface area contributed by atoms with Crippen molar-refractivity contribution < 1.29 is 13.5 Å². The van der Waals surface area contributed by atoms with Crippen molar-refractivity contribution in [1.82, 2.24) is 24.6 Å². The maximum Gasteiger partial charge on any atom is 0.248 e. The van der Waals surface area contributed by atoms with Crippen molar-refractivity contribution in [2.24, 2.45) is 0 Å². The standard InChI is InChI=1S/C21H23F2N7O/c1-14-6-19(25-20(7-14)29-11-18(12-29)28-2-4-31-5-3-28)26-21-24-13-30(27-21)17-9-15(22)8-16(23)10-17/h6-10,13,18H,2-5,11-12H2,1H3,(H,25,26,27). The molecule has 2 fully saturated rings. The van der Waals surface area contributed by atoms with E-state index in [2.05, 4.69) is 31.3 Å². The Balaban J connectivity index is 1.27. The number of benzene rings is 1. The Morgan fingerprint density at radius 2 is 1.77 bits per heavy atom. The highest BCUT2D eigenvalue weighted by molar-refractivity contribution is 5.56. The molecule has 2 aliphatic heterocycles.